The fraction of sp³-hybridized carbons (Fsp3) is 0.818. The van der Waals surface area contributed by atoms with E-state index in [4.69, 9.17) is 5.26 Å². The molecule has 0 bridgehead atoms. The lowest BCUT2D eigenvalue weighted by atomic mass is 9.91. The standard InChI is InChI=1S/C11H19N3O/c1-11(2,8-12)5-6-13-9-4-7-14(3)10(9)15/h9,13H,4-7H2,1-3H3. The number of nitriles is 1. The molecular weight excluding hydrogens is 190 g/mol. The third-order valence-electron chi connectivity index (χ3n) is 2.87. The molecule has 0 radical (unpaired) electrons. The van der Waals surface area contributed by atoms with Gasteiger partial charge < -0.3 is 10.2 Å². The molecule has 84 valence electrons. The average Bonchev–Trinajstić information content (AvgIpc) is 2.49. The van der Waals surface area contributed by atoms with E-state index >= 15 is 0 Å². The van der Waals surface area contributed by atoms with E-state index in [0.29, 0.717) is 0 Å². The van der Waals surface area contributed by atoms with Crippen LogP contribution in [0.5, 0.6) is 0 Å². The summed E-state index contributed by atoms with van der Waals surface area (Å²) in [5.41, 5.74) is -0.305. The van der Waals surface area contributed by atoms with Crippen LogP contribution in [0, 0.1) is 16.7 Å². The number of likely N-dealkylation sites (N-methyl/N-ethyl adjacent to an activating group) is 1. The summed E-state index contributed by atoms with van der Waals surface area (Å²) in [6.07, 6.45) is 1.65. The van der Waals surface area contributed by atoms with Crippen LogP contribution in [0.2, 0.25) is 0 Å². The summed E-state index contributed by atoms with van der Waals surface area (Å²) >= 11 is 0. The molecule has 4 heteroatoms. The number of hydrogen-bond acceptors (Lipinski definition) is 3. The van der Waals surface area contributed by atoms with Crippen LogP contribution in [0.3, 0.4) is 0 Å². The minimum Gasteiger partial charge on any atom is -0.344 e. The number of carbonyl (C=O) groups excluding carboxylic acids is 1. The molecule has 1 fully saturated rings. The summed E-state index contributed by atoms with van der Waals surface area (Å²) < 4.78 is 0. The third-order valence-corrected chi connectivity index (χ3v) is 2.87. The Morgan fingerprint density at radius 2 is 2.33 bits per heavy atom. The van der Waals surface area contributed by atoms with Gasteiger partial charge in [-0.15, -0.1) is 0 Å². The predicted octanol–water partition coefficient (Wildman–Crippen LogP) is 0.747. The molecule has 4 nitrogen and oxygen atoms in total. The van der Waals surface area contributed by atoms with Gasteiger partial charge in [-0.1, -0.05) is 0 Å². The zero-order valence-corrected chi connectivity index (χ0v) is 9.71. The number of likely N-dealkylation sites (tertiary alicyclic amines) is 1. The number of nitrogens with one attached hydrogen (secondary N) is 1. The number of carbonyl (C=O) groups is 1. The highest BCUT2D eigenvalue weighted by atomic mass is 16.2. The van der Waals surface area contributed by atoms with Crippen molar-refractivity contribution in [2.75, 3.05) is 20.1 Å². The second kappa shape index (κ2) is 4.63. The molecule has 1 rings (SSSR count). The Hall–Kier alpha value is -1.08. The van der Waals surface area contributed by atoms with E-state index in [1.165, 1.54) is 0 Å². The van der Waals surface area contributed by atoms with Gasteiger partial charge in [0, 0.05) is 13.6 Å². The van der Waals surface area contributed by atoms with E-state index in [2.05, 4.69) is 11.4 Å². The predicted molar refractivity (Wildman–Crippen MR) is 58.1 cm³/mol. The number of nitrogens with zero attached hydrogens (tertiary/aromatic N) is 2. The largest absolute Gasteiger partial charge is 0.344 e. The van der Waals surface area contributed by atoms with Crippen molar-refractivity contribution in [1.29, 1.82) is 5.26 Å². The molecule has 1 N–H and O–H groups in total. The topological polar surface area (TPSA) is 56.1 Å². The smallest absolute Gasteiger partial charge is 0.239 e. The highest BCUT2D eigenvalue weighted by molar-refractivity contribution is 5.83. The molecule has 1 aliphatic heterocycles. The normalized spacial score (nSPS) is 21.9. The van der Waals surface area contributed by atoms with E-state index < -0.39 is 0 Å². The van der Waals surface area contributed by atoms with Gasteiger partial charge in [0.2, 0.25) is 5.91 Å². The van der Waals surface area contributed by atoms with Gasteiger partial charge in [-0.05, 0) is 33.2 Å². The van der Waals surface area contributed by atoms with Gasteiger partial charge in [0.1, 0.15) is 0 Å². The first-order valence-electron chi connectivity index (χ1n) is 5.36. The van der Waals surface area contributed by atoms with Gasteiger partial charge in [-0.3, -0.25) is 4.79 Å². The summed E-state index contributed by atoms with van der Waals surface area (Å²) in [4.78, 5) is 13.3. The van der Waals surface area contributed by atoms with Crippen LogP contribution >= 0.6 is 0 Å². The summed E-state index contributed by atoms with van der Waals surface area (Å²) in [6, 6.07) is 2.21. The van der Waals surface area contributed by atoms with Gasteiger partial charge >= 0.3 is 0 Å². The quantitative estimate of drug-likeness (QED) is 0.743. The van der Waals surface area contributed by atoms with E-state index in [-0.39, 0.29) is 17.4 Å². The van der Waals surface area contributed by atoms with Gasteiger partial charge in [-0.25, -0.2) is 0 Å². The Bertz CT molecular complexity index is 280. The van der Waals surface area contributed by atoms with Crippen molar-refractivity contribution in [2.45, 2.75) is 32.7 Å². The minimum absolute atomic E-state index is 0.0375. The van der Waals surface area contributed by atoms with Gasteiger partial charge in [-0.2, -0.15) is 5.26 Å². The lowest BCUT2D eigenvalue weighted by Gasteiger charge is -2.17. The molecule has 1 heterocycles. The molecule has 0 aromatic rings. The Kier molecular flexibility index (Phi) is 3.70. The molecular formula is C11H19N3O. The molecule has 1 unspecified atom stereocenters. The SMILES string of the molecule is CN1CCC(NCCC(C)(C)C#N)C1=O. The van der Waals surface area contributed by atoms with E-state index in [0.717, 1.165) is 25.9 Å². The lowest BCUT2D eigenvalue weighted by Crippen LogP contribution is -2.38. The maximum atomic E-state index is 11.5. The summed E-state index contributed by atoms with van der Waals surface area (Å²) in [5.74, 6) is 0.171. The Labute approximate surface area is 91.2 Å². The Morgan fingerprint density at radius 1 is 1.67 bits per heavy atom. The van der Waals surface area contributed by atoms with Crippen molar-refractivity contribution >= 4 is 5.91 Å². The summed E-state index contributed by atoms with van der Waals surface area (Å²) in [7, 11) is 1.82. The van der Waals surface area contributed by atoms with Crippen molar-refractivity contribution in [1.82, 2.24) is 10.2 Å². The lowest BCUT2D eigenvalue weighted by molar-refractivity contribution is -0.128. The van der Waals surface area contributed by atoms with Crippen molar-refractivity contribution in [3.05, 3.63) is 0 Å². The molecule has 1 aliphatic rings. The third kappa shape index (κ3) is 3.21. The van der Waals surface area contributed by atoms with Crippen LogP contribution in [0.1, 0.15) is 26.7 Å². The maximum Gasteiger partial charge on any atom is 0.239 e. The summed E-state index contributed by atoms with van der Waals surface area (Å²) in [5, 5.41) is 12.0. The van der Waals surface area contributed by atoms with Gasteiger partial charge in [0.15, 0.2) is 0 Å². The molecule has 1 saturated heterocycles. The highest BCUT2D eigenvalue weighted by Gasteiger charge is 2.28. The van der Waals surface area contributed by atoms with Crippen LogP contribution in [0.4, 0.5) is 0 Å². The molecule has 0 aromatic heterocycles. The number of rotatable bonds is 4. The molecule has 15 heavy (non-hydrogen) atoms. The fourth-order valence-electron chi connectivity index (χ4n) is 1.63. The van der Waals surface area contributed by atoms with Crippen molar-refractivity contribution in [3.63, 3.8) is 0 Å². The molecule has 0 aliphatic carbocycles. The first-order chi connectivity index (χ1) is 6.96. The Balaban J connectivity index is 2.28. The van der Waals surface area contributed by atoms with E-state index in [1.807, 2.05) is 20.9 Å². The zero-order chi connectivity index (χ0) is 11.5. The summed E-state index contributed by atoms with van der Waals surface area (Å²) in [6.45, 7) is 5.39. The average molecular weight is 209 g/mol. The van der Waals surface area contributed by atoms with Gasteiger partial charge in [0.25, 0.3) is 0 Å². The monoisotopic (exact) mass is 209 g/mol. The zero-order valence-electron chi connectivity index (χ0n) is 9.71. The van der Waals surface area contributed by atoms with Crippen LogP contribution < -0.4 is 5.32 Å². The van der Waals surface area contributed by atoms with Gasteiger partial charge in [0.05, 0.1) is 17.5 Å². The highest BCUT2D eigenvalue weighted by Crippen LogP contribution is 2.18. The molecule has 1 atom stereocenters. The van der Waals surface area contributed by atoms with Crippen LogP contribution in [0.15, 0.2) is 0 Å². The van der Waals surface area contributed by atoms with E-state index in [1.54, 1.807) is 4.90 Å². The molecule has 0 aromatic carbocycles. The van der Waals surface area contributed by atoms with Crippen LogP contribution in [-0.2, 0) is 4.79 Å². The fourth-order valence-corrected chi connectivity index (χ4v) is 1.63. The molecule has 0 spiro atoms. The molecule has 1 amide bonds. The second-order valence-electron chi connectivity index (χ2n) is 4.80. The van der Waals surface area contributed by atoms with Crippen LogP contribution in [0.25, 0.3) is 0 Å². The van der Waals surface area contributed by atoms with Crippen molar-refractivity contribution in [2.24, 2.45) is 5.41 Å². The van der Waals surface area contributed by atoms with E-state index in [9.17, 15) is 4.79 Å². The number of amides is 1. The maximum absolute atomic E-state index is 11.5. The molecule has 0 saturated carbocycles. The number of hydrogen-bond donors (Lipinski definition) is 1. The van der Waals surface area contributed by atoms with Crippen molar-refractivity contribution in [3.8, 4) is 6.07 Å². The first-order valence-corrected chi connectivity index (χ1v) is 5.36. The van der Waals surface area contributed by atoms with Crippen molar-refractivity contribution < 1.29 is 4.79 Å². The second-order valence-corrected chi connectivity index (χ2v) is 4.80. The Morgan fingerprint density at radius 3 is 2.80 bits per heavy atom. The minimum atomic E-state index is -0.305. The first kappa shape index (κ1) is 12.0. The van der Waals surface area contributed by atoms with Crippen LogP contribution in [-0.4, -0.2) is 37.0 Å².